The van der Waals surface area contributed by atoms with Gasteiger partial charge in [0.1, 0.15) is 0 Å². The second-order valence-corrected chi connectivity index (χ2v) is 9.35. The van der Waals surface area contributed by atoms with E-state index < -0.39 is 5.91 Å². The molecule has 0 aliphatic carbocycles. The van der Waals surface area contributed by atoms with E-state index in [1.54, 1.807) is 11.3 Å². The van der Waals surface area contributed by atoms with E-state index in [1.807, 2.05) is 57.2 Å². The molecule has 10 nitrogen and oxygen atoms in total. The molecule has 4 rings (SSSR count). The van der Waals surface area contributed by atoms with Gasteiger partial charge in [0.25, 0.3) is 5.91 Å². The van der Waals surface area contributed by atoms with Crippen LogP contribution in [-0.2, 0) is 5.75 Å². The van der Waals surface area contributed by atoms with Crippen LogP contribution in [0.15, 0.2) is 51.0 Å². The number of amides is 1. The zero-order chi connectivity index (χ0) is 22.7. The largest absolute Gasteiger partial charge is 0.378 e. The molecule has 4 aromatic rings. The number of nitrogen functional groups attached to an aromatic ring is 1. The Labute approximate surface area is 191 Å². The third-order valence-corrected chi connectivity index (χ3v) is 6.54. The van der Waals surface area contributed by atoms with Crippen LogP contribution in [0.2, 0.25) is 0 Å². The van der Waals surface area contributed by atoms with E-state index in [2.05, 4.69) is 35.8 Å². The van der Waals surface area contributed by atoms with E-state index >= 15 is 0 Å². The maximum Gasteiger partial charge on any atom is 0.293 e. The summed E-state index contributed by atoms with van der Waals surface area (Å²) in [6, 6.07) is 11.8. The van der Waals surface area contributed by atoms with E-state index in [9.17, 15) is 4.79 Å². The van der Waals surface area contributed by atoms with Crippen molar-refractivity contribution >= 4 is 40.5 Å². The SMILES string of the molecule is CC(=NNC(=O)c1nnn(-c2nonc2N)c1CSc1ccccc1)c1cc(C)sc1C. The van der Waals surface area contributed by atoms with Gasteiger partial charge in [-0.15, -0.1) is 28.2 Å². The number of aromatic nitrogens is 5. The fraction of sp³-hybridized carbons (Fsp3) is 0.200. The average molecular weight is 469 g/mol. The number of hydrogen-bond acceptors (Lipinski definition) is 10. The molecule has 3 aromatic heterocycles. The van der Waals surface area contributed by atoms with Crippen molar-refractivity contribution in [1.82, 2.24) is 30.7 Å². The van der Waals surface area contributed by atoms with E-state index in [1.165, 1.54) is 21.3 Å². The summed E-state index contributed by atoms with van der Waals surface area (Å²) >= 11 is 3.20. The fourth-order valence-electron chi connectivity index (χ4n) is 3.02. The molecule has 0 radical (unpaired) electrons. The minimum atomic E-state index is -0.487. The zero-order valence-corrected chi connectivity index (χ0v) is 19.2. The van der Waals surface area contributed by atoms with Gasteiger partial charge in [0.05, 0.1) is 11.4 Å². The lowest BCUT2D eigenvalue weighted by Crippen LogP contribution is -2.21. The van der Waals surface area contributed by atoms with Crippen LogP contribution in [-0.4, -0.2) is 36.9 Å². The maximum atomic E-state index is 12.9. The van der Waals surface area contributed by atoms with Gasteiger partial charge in [0.2, 0.25) is 11.6 Å². The number of nitrogens with zero attached hydrogens (tertiary/aromatic N) is 6. The molecule has 0 aliphatic heterocycles. The number of nitrogens with one attached hydrogen (secondary N) is 1. The smallest absolute Gasteiger partial charge is 0.293 e. The van der Waals surface area contributed by atoms with Crippen molar-refractivity contribution in [3.8, 4) is 5.82 Å². The number of anilines is 1. The number of aryl methyl sites for hydroxylation is 2. The molecule has 0 aliphatic rings. The van der Waals surface area contributed by atoms with E-state index in [0.717, 1.165) is 15.3 Å². The molecular weight excluding hydrogens is 448 g/mol. The molecular formula is C20H20N8O2S2. The predicted molar refractivity (Wildman–Crippen MR) is 123 cm³/mol. The Morgan fingerprint density at radius 1 is 1.28 bits per heavy atom. The number of carbonyl (C=O) groups excluding carboxylic acids is 1. The van der Waals surface area contributed by atoms with E-state index in [-0.39, 0.29) is 17.3 Å². The third kappa shape index (κ3) is 4.55. The van der Waals surface area contributed by atoms with Crippen molar-refractivity contribution in [3.63, 3.8) is 0 Å². The first-order valence-corrected chi connectivity index (χ1v) is 11.4. The molecule has 32 heavy (non-hydrogen) atoms. The van der Waals surface area contributed by atoms with E-state index in [4.69, 9.17) is 5.73 Å². The first-order valence-electron chi connectivity index (χ1n) is 9.57. The van der Waals surface area contributed by atoms with Crippen LogP contribution < -0.4 is 11.2 Å². The summed E-state index contributed by atoms with van der Waals surface area (Å²) in [6.45, 7) is 5.90. The lowest BCUT2D eigenvalue weighted by molar-refractivity contribution is 0.0949. The number of benzene rings is 1. The number of thioether (sulfide) groups is 1. The summed E-state index contributed by atoms with van der Waals surface area (Å²) in [6.07, 6.45) is 0. The van der Waals surface area contributed by atoms with Crippen molar-refractivity contribution in [1.29, 1.82) is 0 Å². The summed E-state index contributed by atoms with van der Waals surface area (Å²) in [5.74, 6) is 0.116. The molecule has 1 amide bonds. The molecule has 0 atom stereocenters. The van der Waals surface area contributed by atoms with Gasteiger partial charge in [-0.1, -0.05) is 23.4 Å². The van der Waals surface area contributed by atoms with Crippen LogP contribution in [0.5, 0.6) is 0 Å². The van der Waals surface area contributed by atoms with Gasteiger partial charge in [-0.3, -0.25) is 4.79 Å². The second kappa shape index (κ2) is 9.32. The number of hydrazone groups is 1. The number of hydrogen-bond donors (Lipinski definition) is 2. The van der Waals surface area contributed by atoms with Crippen LogP contribution in [0.1, 0.15) is 38.4 Å². The first kappa shape index (κ1) is 21.7. The molecule has 164 valence electrons. The lowest BCUT2D eigenvalue weighted by Gasteiger charge is -2.06. The van der Waals surface area contributed by atoms with Gasteiger partial charge in [0, 0.05) is 26.0 Å². The quantitative estimate of drug-likeness (QED) is 0.239. The molecule has 0 spiro atoms. The van der Waals surface area contributed by atoms with Gasteiger partial charge >= 0.3 is 0 Å². The molecule has 0 bridgehead atoms. The van der Waals surface area contributed by atoms with Crippen molar-refractivity contribution in [2.75, 3.05) is 5.73 Å². The van der Waals surface area contributed by atoms with Crippen LogP contribution in [0.3, 0.4) is 0 Å². The summed E-state index contributed by atoms with van der Waals surface area (Å²) < 4.78 is 6.05. The molecule has 3 N–H and O–H groups in total. The van der Waals surface area contributed by atoms with Crippen molar-refractivity contribution in [3.05, 3.63) is 63.1 Å². The highest BCUT2D eigenvalue weighted by Crippen LogP contribution is 2.26. The van der Waals surface area contributed by atoms with Crippen LogP contribution in [0.25, 0.3) is 5.82 Å². The summed E-state index contributed by atoms with van der Waals surface area (Å²) in [4.78, 5) is 16.3. The van der Waals surface area contributed by atoms with Gasteiger partial charge < -0.3 is 5.73 Å². The molecule has 3 heterocycles. The maximum absolute atomic E-state index is 12.9. The molecule has 0 saturated carbocycles. The van der Waals surface area contributed by atoms with Gasteiger partial charge in [-0.2, -0.15) is 9.78 Å². The Bertz CT molecular complexity index is 1280. The fourth-order valence-corrected chi connectivity index (χ4v) is 4.91. The van der Waals surface area contributed by atoms with Crippen LogP contribution >= 0.6 is 23.1 Å². The Hall–Kier alpha value is -3.51. The Morgan fingerprint density at radius 2 is 2.06 bits per heavy atom. The standard InChI is InChI=1S/C20H20N8O2S2/c1-11-9-15(13(3)32-11)12(2)22-24-20(29)17-16(10-31-14-7-5-4-6-8-14)28(27-23-17)19-18(21)25-30-26-19/h4-9H,10H2,1-3H3,(H2,21,25)(H,24,29). The normalized spacial score (nSPS) is 11.7. The number of thiophene rings is 1. The van der Waals surface area contributed by atoms with Gasteiger partial charge in [0.15, 0.2) is 5.69 Å². The molecule has 0 unspecified atom stereocenters. The van der Waals surface area contributed by atoms with Gasteiger partial charge in [-0.25, -0.2) is 10.1 Å². The lowest BCUT2D eigenvalue weighted by atomic mass is 10.2. The number of carbonyl (C=O) groups is 1. The number of rotatable bonds is 7. The van der Waals surface area contributed by atoms with Crippen LogP contribution in [0.4, 0.5) is 5.82 Å². The number of nitrogens with two attached hydrogens (primary N) is 1. The summed E-state index contributed by atoms with van der Waals surface area (Å²) in [5.41, 5.74) is 10.7. The molecule has 1 aromatic carbocycles. The third-order valence-electron chi connectivity index (χ3n) is 4.55. The van der Waals surface area contributed by atoms with Crippen molar-refractivity contribution < 1.29 is 9.42 Å². The zero-order valence-electron chi connectivity index (χ0n) is 17.6. The molecule has 0 fully saturated rings. The minimum Gasteiger partial charge on any atom is -0.378 e. The van der Waals surface area contributed by atoms with Crippen LogP contribution in [0, 0.1) is 13.8 Å². The molecule has 12 heteroatoms. The monoisotopic (exact) mass is 468 g/mol. The summed E-state index contributed by atoms with van der Waals surface area (Å²) in [7, 11) is 0. The summed E-state index contributed by atoms with van der Waals surface area (Å²) in [5, 5.41) is 19.7. The highest BCUT2D eigenvalue weighted by atomic mass is 32.2. The second-order valence-electron chi connectivity index (χ2n) is 6.84. The average Bonchev–Trinajstić information content (AvgIpc) is 3.48. The van der Waals surface area contributed by atoms with Crippen molar-refractivity contribution in [2.45, 2.75) is 31.4 Å². The van der Waals surface area contributed by atoms with Gasteiger partial charge in [-0.05, 0) is 49.3 Å². The molecule has 0 saturated heterocycles. The first-order chi connectivity index (χ1) is 15.4. The van der Waals surface area contributed by atoms with Crippen molar-refractivity contribution in [2.24, 2.45) is 5.10 Å². The minimum absolute atomic E-state index is 0.0463. The highest BCUT2D eigenvalue weighted by molar-refractivity contribution is 7.98. The van der Waals surface area contributed by atoms with E-state index in [0.29, 0.717) is 17.2 Å². The highest BCUT2D eigenvalue weighted by Gasteiger charge is 2.24. The topological polar surface area (TPSA) is 137 Å². The Balaban J connectivity index is 1.61. The Kier molecular flexibility index (Phi) is 6.32. The Morgan fingerprint density at radius 3 is 2.72 bits per heavy atom. The predicted octanol–water partition coefficient (Wildman–Crippen LogP) is 3.36.